The first-order valence-corrected chi connectivity index (χ1v) is 3.48. The zero-order chi connectivity index (χ0) is 7.56. The fourth-order valence-corrected chi connectivity index (χ4v) is 1.02. The number of halogens is 1. The van der Waals surface area contributed by atoms with Gasteiger partial charge in [-0.2, -0.15) is 0 Å². The standard InChI is InChI=1S/C7H5BrO2.Ag/c8-6-3-1-2-5(4-6)7(9)10;/h1-4H,(H,9,10);. The van der Waals surface area contributed by atoms with Gasteiger partial charge in [-0.1, -0.05) is 22.0 Å². The van der Waals surface area contributed by atoms with E-state index in [1.807, 2.05) is 0 Å². The topological polar surface area (TPSA) is 37.3 Å². The molecule has 0 aliphatic carbocycles. The van der Waals surface area contributed by atoms with E-state index in [9.17, 15) is 4.79 Å². The SMILES string of the molecule is O=C(O)c1cccc(Br)c1.[Ag]. The van der Waals surface area contributed by atoms with Crippen LogP contribution in [0.5, 0.6) is 0 Å². The summed E-state index contributed by atoms with van der Waals surface area (Å²) in [7, 11) is 0. The van der Waals surface area contributed by atoms with E-state index < -0.39 is 5.97 Å². The van der Waals surface area contributed by atoms with Crippen molar-refractivity contribution in [3.8, 4) is 0 Å². The molecule has 11 heavy (non-hydrogen) atoms. The summed E-state index contributed by atoms with van der Waals surface area (Å²) in [4.78, 5) is 10.3. The van der Waals surface area contributed by atoms with Crippen LogP contribution in [0.15, 0.2) is 28.7 Å². The van der Waals surface area contributed by atoms with Crippen molar-refractivity contribution in [1.29, 1.82) is 0 Å². The van der Waals surface area contributed by atoms with Crippen molar-refractivity contribution in [2.24, 2.45) is 0 Å². The zero-order valence-corrected chi connectivity index (χ0v) is 8.41. The van der Waals surface area contributed by atoms with Crippen molar-refractivity contribution in [3.05, 3.63) is 34.3 Å². The van der Waals surface area contributed by atoms with Crippen LogP contribution in [0.4, 0.5) is 0 Å². The molecular weight excluding hydrogens is 304 g/mol. The van der Waals surface area contributed by atoms with Crippen molar-refractivity contribution in [1.82, 2.24) is 0 Å². The summed E-state index contributed by atoms with van der Waals surface area (Å²) in [5.41, 5.74) is 0.300. The fourth-order valence-electron chi connectivity index (χ4n) is 0.622. The maximum atomic E-state index is 10.3. The van der Waals surface area contributed by atoms with Gasteiger partial charge >= 0.3 is 5.97 Å². The minimum atomic E-state index is -0.902. The summed E-state index contributed by atoms with van der Waals surface area (Å²) in [5, 5.41) is 8.49. The van der Waals surface area contributed by atoms with Crippen molar-refractivity contribution in [2.75, 3.05) is 0 Å². The van der Waals surface area contributed by atoms with Gasteiger partial charge in [0.15, 0.2) is 0 Å². The van der Waals surface area contributed by atoms with E-state index in [1.165, 1.54) is 0 Å². The van der Waals surface area contributed by atoms with E-state index >= 15 is 0 Å². The average Bonchev–Trinajstić information content (AvgIpc) is 1.88. The van der Waals surface area contributed by atoms with E-state index in [4.69, 9.17) is 5.11 Å². The van der Waals surface area contributed by atoms with Crippen LogP contribution in [0.3, 0.4) is 0 Å². The second-order valence-corrected chi connectivity index (χ2v) is 2.73. The number of rotatable bonds is 1. The molecule has 0 spiro atoms. The van der Waals surface area contributed by atoms with Gasteiger partial charge in [0.2, 0.25) is 0 Å². The molecule has 0 atom stereocenters. The van der Waals surface area contributed by atoms with Crippen LogP contribution in [0.1, 0.15) is 10.4 Å². The smallest absolute Gasteiger partial charge is 0.335 e. The molecule has 0 aromatic heterocycles. The van der Waals surface area contributed by atoms with Gasteiger partial charge < -0.3 is 5.11 Å². The maximum absolute atomic E-state index is 10.3. The van der Waals surface area contributed by atoms with Gasteiger partial charge in [0.05, 0.1) is 5.56 Å². The van der Waals surface area contributed by atoms with Gasteiger partial charge in [0.1, 0.15) is 0 Å². The van der Waals surface area contributed by atoms with Crippen molar-refractivity contribution in [2.45, 2.75) is 0 Å². The minimum absolute atomic E-state index is 0. The van der Waals surface area contributed by atoms with Gasteiger partial charge in [-0.05, 0) is 18.2 Å². The molecule has 1 rings (SSSR count). The zero-order valence-electron chi connectivity index (χ0n) is 5.34. The van der Waals surface area contributed by atoms with Crippen molar-refractivity contribution < 1.29 is 32.3 Å². The molecule has 0 aliphatic rings. The molecule has 1 aromatic rings. The first kappa shape index (κ1) is 10.9. The molecule has 1 radical (unpaired) electrons. The Morgan fingerprint density at radius 3 is 2.45 bits per heavy atom. The molecule has 0 amide bonds. The van der Waals surface area contributed by atoms with E-state index in [0.717, 1.165) is 4.47 Å². The molecule has 1 aromatic carbocycles. The number of hydrogen-bond acceptors (Lipinski definition) is 1. The summed E-state index contributed by atoms with van der Waals surface area (Å²) in [6.07, 6.45) is 0. The van der Waals surface area contributed by atoms with Crippen LogP contribution < -0.4 is 0 Å². The Bertz CT molecular complexity index is 262. The van der Waals surface area contributed by atoms with Crippen LogP contribution in [-0.2, 0) is 22.4 Å². The molecule has 4 heteroatoms. The number of aromatic carboxylic acids is 1. The average molecular weight is 309 g/mol. The summed E-state index contributed by atoms with van der Waals surface area (Å²) >= 11 is 3.17. The van der Waals surface area contributed by atoms with Crippen LogP contribution in [-0.4, -0.2) is 11.1 Å². The van der Waals surface area contributed by atoms with Gasteiger partial charge in [-0.25, -0.2) is 4.79 Å². The Morgan fingerprint density at radius 1 is 1.45 bits per heavy atom. The van der Waals surface area contributed by atoms with E-state index in [-0.39, 0.29) is 22.4 Å². The van der Waals surface area contributed by atoms with Crippen LogP contribution in [0.25, 0.3) is 0 Å². The predicted molar refractivity (Wildman–Crippen MR) is 41.1 cm³/mol. The number of hydrogen-bond donors (Lipinski definition) is 1. The molecule has 63 valence electrons. The van der Waals surface area contributed by atoms with Gasteiger partial charge in [0, 0.05) is 26.9 Å². The maximum Gasteiger partial charge on any atom is 0.335 e. The second-order valence-electron chi connectivity index (χ2n) is 1.82. The Hall–Kier alpha value is -0.0897. The fraction of sp³-hybridized carbons (Fsp3) is 0. The second kappa shape index (κ2) is 4.72. The Morgan fingerprint density at radius 2 is 2.09 bits per heavy atom. The van der Waals surface area contributed by atoms with Crippen LogP contribution in [0.2, 0.25) is 0 Å². The molecule has 0 unspecified atom stereocenters. The summed E-state index contributed by atoms with van der Waals surface area (Å²) < 4.78 is 0.785. The van der Waals surface area contributed by atoms with E-state index in [0.29, 0.717) is 5.56 Å². The van der Waals surface area contributed by atoms with Gasteiger partial charge in [-0.3, -0.25) is 0 Å². The van der Waals surface area contributed by atoms with Gasteiger partial charge in [-0.15, -0.1) is 0 Å². The monoisotopic (exact) mass is 307 g/mol. The normalized spacial score (nSPS) is 8.45. The Balaban J connectivity index is 0.000001000. The third kappa shape index (κ3) is 3.20. The molecule has 0 bridgehead atoms. The number of carboxylic acid groups (broad SMARTS) is 1. The van der Waals surface area contributed by atoms with Gasteiger partial charge in [0.25, 0.3) is 0 Å². The van der Waals surface area contributed by atoms with E-state index in [2.05, 4.69) is 15.9 Å². The Kier molecular flexibility index (Phi) is 4.68. The van der Waals surface area contributed by atoms with Crippen molar-refractivity contribution >= 4 is 21.9 Å². The minimum Gasteiger partial charge on any atom is -0.478 e. The van der Waals surface area contributed by atoms with E-state index in [1.54, 1.807) is 24.3 Å². The van der Waals surface area contributed by atoms with Crippen LogP contribution in [0, 0.1) is 0 Å². The number of carboxylic acids is 1. The molecule has 0 fully saturated rings. The molecular formula is C7H5AgBrO2. The molecule has 0 aliphatic heterocycles. The predicted octanol–water partition coefficient (Wildman–Crippen LogP) is 2.14. The first-order chi connectivity index (χ1) is 4.70. The summed E-state index contributed by atoms with van der Waals surface area (Å²) in [5.74, 6) is -0.902. The quantitative estimate of drug-likeness (QED) is 0.807. The largest absolute Gasteiger partial charge is 0.478 e. The molecule has 1 N–H and O–H groups in total. The molecule has 0 heterocycles. The Labute approximate surface area is 88.3 Å². The van der Waals surface area contributed by atoms with Crippen molar-refractivity contribution in [3.63, 3.8) is 0 Å². The summed E-state index contributed by atoms with van der Waals surface area (Å²) in [6, 6.07) is 6.58. The summed E-state index contributed by atoms with van der Waals surface area (Å²) in [6.45, 7) is 0. The third-order valence-electron chi connectivity index (χ3n) is 1.07. The van der Waals surface area contributed by atoms with Crippen LogP contribution >= 0.6 is 15.9 Å². The number of carbonyl (C=O) groups is 1. The third-order valence-corrected chi connectivity index (χ3v) is 1.56. The molecule has 0 saturated carbocycles. The molecule has 2 nitrogen and oxygen atoms in total. The first-order valence-electron chi connectivity index (χ1n) is 2.69. The number of benzene rings is 1. The molecule has 0 saturated heterocycles.